The average molecular weight is 354 g/mol. The lowest BCUT2D eigenvalue weighted by Crippen LogP contribution is -2.54. The fraction of sp³-hybridized carbons (Fsp3) is 1.00. The van der Waals surface area contributed by atoms with Crippen LogP contribution in [0.15, 0.2) is 0 Å². The Morgan fingerprint density at radius 1 is 1.00 bits per heavy atom. The molecule has 0 aromatic carbocycles. The summed E-state index contributed by atoms with van der Waals surface area (Å²) in [6.45, 7) is 6.39. The first-order valence-corrected chi connectivity index (χ1v) is 10.5. The Balaban J connectivity index is 1.57. The number of hydrogen-bond donors (Lipinski definition) is 3. The van der Waals surface area contributed by atoms with Gasteiger partial charge in [0.05, 0.1) is 5.60 Å². The second-order valence-electron chi connectivity index (χ2n) is 10.4. The topological polar surface area (TPSA) is 52.5 Å². The van der Waals surface area contributed by atoms with Crippen molar-refractivity contribution < 1.29 is 14.7 Å². The molecule has 0 aromatic rings. The molecule has 4 heteroatoms. The van der Waals surface area contributed by atoms with E-state index in [2.05, 4.69) is 19.3 Å². The molecule has 144 valence electrons. The van der Waals surface area contributed by atoms with E-state index >= 15 is 4.39 Å². The van der Waals surface area contributed by atoms with Crippen LogP contribution in [0.25, 0.3) is 0 Å². The molecule has 4 fully saturated rings. The van der Waals surface area contributed by atoms with Crippen molar-refractivity contribution in [3.05, 3.63) is 0 Å². The molecule has 25 heavy (non-hydrogen) atoms. The number of hydroxylamine groups is 1. The van der Waals surface area contributed by atoms with Gasteiger partial charge in [-0.1, -0.05) is 6.92 Å². The Morgan fingerprint density at radius 3 is 2.40 bits per heavy atom. The van der Waals surface area contributed by atoms with E-state index in [1.807, 2.05) is 6.92 Å². The highest BCUT2D eigenvalue weighted by Crippen LogP contribution is 2.65. The first-order valence-electron chi connectivity index (χ1n) is 10.5. The van der Waals surface area contributed by atoms with Gasteiger partial charge in [0, 0.05) is 6.04 Å². The van der Waals surface area contributed by atoms with Gasteiger partial charge < -0.3 is 10.3 Å². The molecule has 4 rings (SSSR count). The Kier molecular flexibility index (Phi) is 4.49. The number of halogens is 1. The molecule has 0 amide bonds. The van der Waals surface area contributed by atoms with Crippen LogP contribution in [-0.4, -0.2) is 28.1 Å². The molecule has 0 aliphatic heterocycles. The number of aliphatic hydroxyl groups is 1. The summed E-state index contributed by atoms with van der Waals surface area (Å²) < 4.78 is 15.2. The molecule has 0 aromatic heterocycles. The third-order valence-corrected chi connectivity index (χ3v) is 9.13. The van der Waals surface area contributed by atoms with E-state index in [0.29, 0.717) is 42.4 Å². The van der Waals surface area contributed by atoms with E-state index in [9.17, 15) is 10.3 Å². The fourth-order valence-corrected chi connectivity index (χ4v) is 7.95. The SMILES string of the molecule is CC(NO)C1CCC2C3CC(F)C4CC(C)(O)CCC4C3CCC12C. The van der Waals surface area contributed by atoms with Gasteiger partial charge in [-0.25, -0.2) is 9.87 Å². The lowest BCUT2D eigenvalue weighted by Gasteiger charge is -2.58. The zero-order chi connectivity index (χ0) is 18.0. The van der Waals surface area contributed by atoms with Gasteiger partial charge in [-0.15, -0.1) is 0 Å². The normalized spacial score (nSPS) is 56.6. The van der Waals surface area contributed by atoms with E-state index in [-0.39, 0.29) is 17.4 Å². The van der Waals surface area contributed by atoms with E-state index in [0.717, 1.165) is 19.3 Å². The monoisotopic (exact) mass is 353 g/mol. The van der Waals surface area contributed by atoms with Crippen LogP contribution in [0.5, 0.6) is 0 Å². The fourth-order valence-electron chi connectivity index (χ4n) is 7.95. The summed E-state index contributed by atoms with van der Waals surface area (Å²) in [5, 5.41) is 19.9. The molecule has 0 spiro atoms. The van der Waals surface area contributed by atoms with E-state index in [1.54, 1.807) is 0 Å². The van der Waals surface area contributed by atoms with Crippen molar-refractivity contribution in [2.45, 2.75) is 90.0 Å². The van der Waals surface area contributed by atoms with Crippen LogP contribution in [0.4, 0.5) is 4.39 Å². The van der Waals surface area contributed by atoms with Gasteiger partial charge >= 0.3 is 0 Å². The summed E-state index contributed by atoms with van der Waals surface area (Å²) in [7, 11) is 0. The predicted octanol–water partition coefficient (Wildman–Crippen LogP) is 4.32. The summed E-state index contributed by atoms with van der Waals surface area (Å²) in [5.74, 6) is 2.81. The maximum atomic E-state index is 15.2. The quantitative estimate of drug-likeness (QED) is 0.648. The van der Waals surface area contributed by atoms with E-state index in [1.165, 1.54) is 19.3 Å². The Bertz CT molecular complexity index is 512. The first kappa shape index (κ1) is 18.2. The molecule has 4 aliphatic rings. The average Bonchev–Trinajstić information content (AvgIpc) is 2.91. The molecule has 0 radical (unpaired) electrons. The number of hydrogen-bond acceptors (Lipinski definition) is 3. The lowest BCUT2D eigenvalue weighted by molar-refractivity contribution is -0.129. The third kappa shape index (κ3) is 2.78. The summed E-state index contributed by atoms with van der Waals surface area (Å²) in [6, 6.07) is 0.119. The molecule has 4 saturated carbocycles. The highest BCUT2D eigenvalue weighted by molar-refractivity contribution is 5.09. The summed E-state index contributed by atoms with van der Waals surface area (Å²) in [4.78, 5) is 0. The zero-order valence-electron chi connectivity index (χ0n) is 16.0. The minimum absolute atomic E-state index is 0.0737. The molecule has 4 aliphatic carbocycles. The standard InChI is InChI=1S/C21H36FNO2/c1-12(23-25)17-4-5-18-15-10-19(22)16-11-20(2,24)8-6-14(16)13(15)7-9-21(17,18)3/h12-19,23-25H,4-11H2,1-3H3. The van der Waals surface area contributed by atoms with Crippen molar-refractivity contribution in [1.29, 1.82) is 0 Å². The van der Waals surface area contributed by atoms with Crippen LogP contribution in [0.2, 0.25) is 0 Å². The van der Waals surface area contributed by atoms with E-state index in [4.69, 9.17) is 0 Å². The maximum absolute atomic E-state index is 15.2. The lowest BCUT2D eigenvalue weighted by atomic mass is 9.48. The second kappa shape index (κ2) is 6.17. The first-order chi connectivity index (χ1) is 11.8. The second-order valence-corrected chi connectivity index (χ2v) is 10.4. The van der Waals surface area contributed by atoms with Crippen LogP contribution in [0, 0.1) is 40.9 Å². The molecule has 10 unspecified atom stereocenters. The molecule has 10 atom stereocenters. The molecular weight excluding hydrogens is 317 g/mol. The molecule has 3 nitrogen and oxygen atoms in total. The van der Waals surface area contributed by atoms with Crippen LogP contribution in [0.3, 0.4) is 0 Å². The molecule has 0 bridgehead atoms. The predicted molar refractivity (Wildman–Crippen MR) is 95.9 cm³/mol. The number of fused-ring (bicyclic) bond motifs is 5. The van der Waals surface area contributed by atoms with Crippen LogP contribution in [0.1, 0.15) is 72.1 Å². The van der Waals surface area contributed by atoms with E-state index < -0.39 is 11.8 Å². The minimum Gasteiger partial charge on any atom is -0.390 e. The zero-order valence-corrected chi connectivity index (χ0v) is 16.0. The van der Waals surface area contributed by atoms with Crippen LogP contribution >= 0.6 is 0 Å². The Hall–Kier alpha value is -0.190. The summed E-state index contributed by atoms with van der Waals surface area (Å²) in [5.41, 5.74) is 2.07. The Labute approximate surface area is 151 Å². The number of alkyl halides is 1. The number of rotatable bonds is 2. The van der Waals surface area contributed by atoms with Gasteiger partial charge in [0.1, 0.15) is 6.17 Å². The largest absolute Gasteiger partial charge is 0.390 e. The number of nitrogens with one attached hydrogen (secondary N) is 1. The van der Waals surface area contributed by atoms with Gasteiger partial charge in [0.15, 0.2) is 0 Å². The third-order valence-electron chi connectivity index (χ3n) is 9.13. The van der Waals surface area contributed by atoms with Gasteiger partial charge in [-0.2, -0.15) is 0 Å². The van der Waals surface area contributed by atoms with Gasteiger partial charge in [0.25, 0.3) is 0 Å². The maximum Gasteiger partial charge on any atom is 0.104 e. The highest BCUT2D eigenvalue weighted by atomic mass is 19.1. The summed E-state index contributed by atoms with van der Waals surface area (Å²) in [6.07, 6.45) is 7.21. The van der Waals surface area contributed by atoms with Crippen molar-refractivity contribution in [3.8, 4) is 0 Å². The molecular formula is C21H36FNO2. The molecule has 0 saturated heterocycles. The van der Waals surface area contributed by atoms with Crippen molar-refractivity contribution >= 4 is 0 Å². The van der Waals surface area contributed by atoms with Crippen molar-refractivity contribution in [2.24, 2.45) is 40.9 Å². The summed E-state index contributed by atoms with van der Waals surface area (Å²) >= 11 is 0. The highest BCUT2D eigenvalue weighted by Gasteiger charge is 2.60. The van der Waals surface area contributed by atoms with Crippen molar-refractivity contribution in [3.63, 3.8) is 0 Å². The van der Waals surface area contributed by atoms with Gasteiger partial charge in [-0.05, 0) is 106 Å². The van der Waals surface area contributed by atoms with Crippen molar-refractivity contribution in [2.75, 3.05) is 0 Å². The van der Waals surface area contributed by atoms with Crippen molar-refractivity contribution in [1.82, 2.24) is 5.48 Å². The minimum atomic E-state index is -0.743. The molecule has 3 N–H and O–H groups in total. The van der Waals surface area contributed by atoms with Crippen LogP contribution < -0.4 is 5.48 Å². The smallest absolute Gasteiger partial charge is 0.104 e. The Morgan fingerprint density at radius 2 is 1.68 bits per heavy atom. The van der Waals surface area contributed by atoms with Crippen LogP contribution in [-0.2, 0) is 0 Å². The van der Waals surface area contributed by atoms with Gasteiger partial charge in [-0.3, -0.25) is 0 Å². The van der Waals surface area contributed by atoms with Gasteiger partial charge in [0.2, 0.25) is 0 Å². The molecule has 0 heterocycles.